The lowest BCUT2D eigenvalue weighted by Gasteiger charge is -2.10. The number of aromatic carboxylic acids is 1. The lowest BCUT2D eigenvalue weighted by molar-refractivity contribution is 0.0695. The molecule has 0 unspecified atom stereocenters. The van der Waals surface area contributed by atoms with Gasteiger partial charge in [0.2, 0.25) is 0 Å². The van der Waals surface area contributed by atoms with Crippen LogP contribution >= 0.6 is 15.9 Å². The van der Waals surface area contributed by atoms with Crippen molar-refractivity contribution in [2.45, 2.75) is 6.54 Å². The van der Waals surface area contributed by atoms with Gasteiger partial charge in [-0.1, -0.05) is 12.1 Å². The number of halogens is 3. The highest BCUT2D eigenvalue weighted by Crippen LogP contribution is 2.27. The van der Waals surface area contributed by atoms with E-state index in [1.165, 1.54) is 24.3 Å². The molecule has 0 aliphatic rings. The smallest absolute Gasteiger partial charge is 0.336 e. The van der Waals surface area contributed by atoms with Gasteiger partial charge in [0.15, 0.2) is 5.82 Å². The first-order chi connectivity index (χ1) is 9.49. The molecule has 0 saturated heterocycles. The first kappa shape index (κ1) is 14.5. The van der Waals surface area contributed by atoms with Crippen molar-refractivity contribution in [3.8, 4) is 0 Å². The Balaban J connectivity index is 2.16. The average Bonchev–Trinajstić information content (AvgIpc) is 2.42. The summed E-state index contributed by atoms with van der Waals surface area (Å²) in [5.41, 5.74) is 0.810. The number of carboxylic acids is 1. The summed E-state index contributed by atoms with van der Waals surface area (Å²) in [7, 11) is 0. The van der Waals surface area contributed by atoms with Crippen molar-refractivity contribution in [1.82, 2.24) is 0 Å². The summed E-state index contributed by atoms with van der Waals surface area (Å²) in [5.74, 6) is -2.22. The predicted molar refractivity (Wildman–Crippen MR) is 74.8 cm³/mol. The van der Waals surface area contributed by atoms with Gasteiger partial charge in [-0.05, 0) is 45.8 Å². The number of nitrogens with one attached hydrogen (secondary N) is 1. The molecule has 20 heavy (non-hydrogen) atoms. The van der Waals surface area contributed by atoms with E-state index >= 15 is 0 Å². The molecule has 2 aromatic rings. The molecule has 6 heteroatoms. The van der Waals surface area contributed by atoms with Crippen LogP contribution in [0.15, 0.2) is 40.9 Å². The Morgan fingerprint density at radius 1 is 1.15 bits per heavy atom. The maximum absolute atomic E-state index is 14.0. The molecule has 0 fully saturated rings. The second-order valence-corrected chi connectivity index (χ2v) is 4.87. The van der Waals surface area contributed by atoms with E-state index in [1.807, 2.05) is 0 Å². The standard InChI is InChI=1S/C14H10BrF2NO2/c15-12-10(14(19)20)5-6-11(13(12)17)18-7-8-1-3-9(16)4-2-8/h1-6,18H,7H2,(H,19,20). The molecule has 0 radical (unpaired) electrons. The van der Waals surface area contributed by atoms with Crippen molar-refractivity contribution in [2.75, 3.05) is 5.32 Å². The van der Waals surface area contributed by atoms with Gasteiger partial charge in [0.1, 0.15) is 5.82 Å². The number of benzene rings is 2. The van der Waals surface area contributed by atoms with Gasteiger partial charge in [-0.15, -0.1) is 0 Å². The second-order valence-electron chi connectivity index (χ2n) is 4.07. The molecule has 3 nitrogen and oxygen atoms in total. The molecule has 0 aliphatic carbocycles. The quantitative estimate of drug-likeness (QED) is 0.882. The number of hydrogen-bond acceptors (Lipinski definition) is 2. The van der Waals surface area contributed by atoms with Crippen LogP contribution in [-0.4, -0.2) is 11.1 Å². The molecule has 0 aromatic heterocycles. The summed E-state index contributed by atoms with van der Waals surface area (Å²) in [6.07, 6.45) is 0. The Bertz CT molecular complexity index is 644. The molecule has 2 aromatic carbocycles. The summed E-state index contributed by atoms with van der Waals surface area (Å²) in [6, 6.07) is 8.46. The van der Waals surface area contributed by atoms with E-state index in [-0.39, 0.29) is 21.5 Å². The lowest BCUT2D eigenvalue weighted by atomic mass is 10.2. The Morgan fingerprint density at radius 3 is 2.40 bits per heavy atom. The summed E-state index contributed by atoms with van der Waals surface area (Å²) < 4.78 is 26.6. The summed E-state index contributed by atoms with van der Waals surface area (Å²) in [6.45, 7) is 0.302. The van der Waals surface area contributed by atoms with Gasteiger partial charge in [0.05, 0.1) is 15.7 Å². The highest BCUT2D eigenvalue weighted by atomic mass is 79.9. The number of carboxylic acid groups (broad SMARTS) is 1. The molecule has 0 saturated carbocycles. The van der Waals surface area contributed by atoms with Crippen molar-refractivity contribution in [1.29, 1.82) is 0 Å². The van der Waals surface area contributed by atoms with Crippen LogP contribution in [0.2, 0.25) is 0 Å². The first-order valence-corrected chi connectivity index (χ1v) is 6.48. The number of carbonyl (C=O) groups is 1. The minimum absolute atomic E-state index is 0.103. The van der Waals surface area contributed by atoms with Crippen LogP contribution in [0.4, 0.5) is 14.5 Å². The van der Waals surface area contributed by atoms with Gasteiger partial charge < -0.3 is 10.4 Å². The number of anilines is 1. The Morgan fingerprint density at radius 2 is 1.80 bits per heavy atom. The van der Waals surface area contributed by atoms with E-state index in [1.54, 1.807) is 12.1 Å². The van der Waals surface area contributed by atoms with Crippen LogP contribution in [0, 0.1) is 11.6 Å². The number of rotatable bonds is 4. The monoisotopic (exact) mass is 341 g/mol. The first-order valence-electron chi connectivity index (χ1n) is 5.68. The summed E-state index contributed by atoms with van der Waals surface area (Å²) >= 11 is 2.92. The third-order valence-electron chi connectivity index (χ3n) is 2.71. The van der Waals surface area contributed by atoms with Crippen LogP contribution in [0.3, 0.4) is 0 Å². The van der Waals surface area contributed by atoms with E-state index in [0.717, 1.165) is 5.56 Å². The van der Waals surface area contributed by atoms with Gasteiger partial charge in [-0.25, -0.2) is 13.6 Å². The minimum Gasteiger partial charge on any atom is -0.478 e. The zero-order valence-corrected chi connectivity index (χ0v) is 11.7. The predicted octanol–water partition coefficient (Wildman–Crippen LogP) is 4.04. The molecule has 2 N–H and O–H groups in total. The van der Waals surface area contributed by atoms with Gasteiger partial charge in [0, 0.05) is 6.54 Å². The van der Waals surface area contributed by atoms with E-state index in [4.69, 9.17) is 5.11 Å². The van der Waals surface area contributed by atoms with Crippen LogP contribution in [0.25, 0.3) is 0 Å². The Hall–Kier alpha value is -1.95. The maximum Gasteiger partial charge on any atom is 0.336 e. The molecule has 0 spiro atoms. The van der Waals surface area contributed by atoms with Crippen LogP contribution in [0.5, 0.6) is 0 Å². The molecular weight excluding hydrogens is 332 g/mol. The normalized spacial score (nSPS) is 10.3. The molecule has 0 amide bonds. The van der Waals surface area contributed by atoms with Crippen molar-refractivity contribution in [3.05, 3.63) is 63.6 Å². The maximum atomic E-state index is 14.0. The van der Waals surface area contributed by atoms with E-state index in [0.29, 0.717) is 6.54 Å². The Kier molecular flexibility index (Phi) is 4.34. The molecule has 2 rings (SSSR count). The van der Waals surface area contributed by atoms with Gasteiger partial charge in [0.25, 0.3) is 0 Å². The third-order valence-corrected chi connectivity index (χ3v) is 3.48. The molecule has 0 bridgehead atoms. The number of hydrogen-bond donors (Lipinski definition) is 2. The largest absolute Gasteiger partial charge is 0.478 e. The zero-order valence-electron chi connectivity index (χ0n) is 10.2. The fourth-order valence-electron chi connectivity index (χ4n) is 1.65. The minimum atomic E-state index is -1.21. The van der Waals surface area contributed by atoms with Gasteiger partial charge in [-0.2, -0.15) is 0 Å². The lowest BCUT2D eigenvalue weighted by Crippen LogP contribution is -2.05. The van der Waals surface area contributed by atoms with Crippen molar-refractivity contribution >= 4 is 27.6 Å². The van der Waals surface area contributed by atoms with E-state index in [9.17, 15) is 13.6 Å². The van der Waals surface area contributed by atoms with Crippen molar-refractivity contribution in [3.63, 3.8) is 0 Å². The van der Waals surface area contributed by atoms with Gasteiger partial charge >= 0.3 is 5.97 Å². The van der Waals surface area contributed by atoms with Crippen LogP contribution < -0.4 is 5.32 Å². The highest BCUT2D eigenvalue weighted by Gasteiger charge is 2.15. The van der Waals surface area contributed by atoms with Crippen LogP contribution in [0.1, 0.15) is 15.9 Å². The van der Waals surface area contributed by atoms with E-state index < -0.39 is 11.8 Å². The molecular formula is C14H10BrF2NO2. The van der Waals surface area contributed by atoms with Crippen LogP contribution in [-0.2, 0) is 6.54 Å². The average molecular weight is 342 g/mol. The van der Waals surface area contributed by atoms with Crippen molar-refractivity contribution < 1.29 is 18.7 Å². The van der Waals surface area contributed by atoms with Crippen molar-refractivity contribution in [2.24, 2.45) is 0 Å². The summed E-state index contributed by atoms with van der Waals surface area (Å²) in [5, 5.41) is 11.7. The third kappa shape index (κ3) is 3.14. The zero-order chi connectivity index (χ0) is 14.7. The second kappa shape index (κ2) is 6.00. The molecule has 104 valence electrons. The van der Waals surface area contributed by atoms with E-state index in [2.05, 4.69) is 21.2 Å². The Labute approximate surface area is 122 Å². The molecule has 0 atom stereocenters. The SMILES string of the molecule is O=C(O)c1ccc(NCc2ccc(F)cc2)c(F)c1Br. The summed E-state index contributed by atoms with van der Waals surface area (Å²) in [4.78, 5) is 10.8. The fourth-order valence-corrected chi connectivity index (χ4v) is 2.17. The highest BCUT2D eigenvalue weighted by molar-refractivity contribution is 9.10. The topological polar surface area (TPSA) is 49.3 Å². The molecule has 0 aliphatic heterocycles. The molecule has 0 heterocycles. The van der Waals surface area contributed by atoms with Gasteiger partial charge in [-0.3, -0.25) is 0 Å². The fraction of sp³-hybridized carbons (Fsp3) is 0.0714.